The Labute approximate surface area is 106 Å². The monoisotopic (exact) mass is 254 g/mol. The maximum absolute atomic E-state index is 12.9. The van der Waals surface area contributed by atoms with Gasteiger partial charge in [-0.3, -0.25) is 4.98 Å². The highest BCUT2D eigenvalue weighted by molar-refractivity contribution is 5.18. The van der Waals surface area contributed by atoms with Crippen molar-refractivity contribution in [3.63, 3.8) is 0 Å². The molecule has 2 unspecified atom stereocenters. The molecule has 0 aliphatic carbocycles. The second-order valence-corrected chi connectivity index (χ2v) is 5.07. The van der Waals surface area contributed by atoms with Crippen LogP contribution in [0.1, 0.15) is 25.5 Å². The fourth-order valence-corrected chi connectivity index (χ4v) is 2.53. The molecule has 1 fully saturated rings. The highest BCUT2D eigenvalue weighted by Crippen LogP contribution is 2.44. The third-order valence-electron chi connectivity index (χ3n) is 3.97. The van der Waals surface area contributed by atoms with Crippen molar-refractivity contribution in [2.75, 3.05) is 19.8 Å². The quantitative estimate of drug-likeness (QED) is 0.850. The molecule has 2 heterocycles. The number of pyridine rings is 1. The fourth-order valence-electron chi connectivity index (χ4n) is 2.53. The van der Waals surface area contributed by atoms with Gasteiger partial charge < -0.3 is 15.6 Å². The van der Waals surface area contributed by atoms with E-state index in [0.29, 0.717) is 25.5 Å². The van der Waals surface area contributed by atoms with Gasteiger partial charge in [-0.05, 0) is 31.9 Å². The van der Waals surface area contributed by atoms with Gasteiger partial charge in [0, 0.05) is 18.6 Å². The lowest BCUT2D eigenvalue weighted by Gasteiger charge is -2.46. The lowest BCUT2D eigenvalue weighted by molar-refractivity contribution is -0.141. The normalized spacial score (nSPS) is 27.8. The lowest BCUT2D eigenvalue weighted by Crippen LogP contribution is -2.53. The van der Waals surface area contributed by atoms with E-state index in [0.717, 1.165) is 19.0 Å². The third kappa shape index (κ3) is 2.13. The van der Waals surface area contributed by atoms with E-state index in [2.05, 4.69) is 4.98 Å². The molecule has 1 aliphatic rings. The molecule has 3 N–H and O–H groups in total. The van der Waals surface area contributed by atoms with Crippen LogP contribution in [0.4, 0.5) is 4.39 Å². The number of halogens is 1. The minimum Gasteiger partial charge on any atom is -0.383 e. The van der Waals surface area contributed by atoms with E-state index < -0.39 is 16.8 Å². The van der Waals surface area contributed by atoms with Crippen LogP contribution in [-0.4, -0.2) is 29.8 Å². The van der Waals surface area contributed by atoms with Gasteiger partial charge in [-0.2, -0.15) is 0 Å². The van der Waals surface area contributed by atoms with Gasteiger partial charge >= 0.3 is 0 Å². The highest BCUT2D eigenvalue weighted by atomic mass is 19.1. The number of nitrogens with two attached hydrogens (primary N) is 1. The van der Waals surface area contributed by atoms with Crippen molar-refractivity contribution in [3.8, 4) is 0 Å². The smallest absolute Gasteiger partial charge is 0.141 e. The molecule has 0 radical (unpaired) electrons. The Bertz CT molecular complexity index is 400. The molecular weight excluding hydrogens is 235 g/mol. The van der Waals surface area contributed by atoms with E-state index in [1.54, 1.807) is 6.92 Å². The molecular formula is C13H19FN2O2. The maximum Gasteiger partial charge on any atom is 0.141 e. The summed E-state index contributed by atoms with van der Waals surface area (Å²) in [4.78, 5) is 3.98. The molecule has 2 atom stereocenters. The summed E-state index contributed by atoms with van der Waals surface area (Å²) in [7, 11) is 0. The minimum atomic E-state index is -1.23. The number of rotatable bonds is 3. The first kappa shape index (κ1) is 13.4. The molecule has 0 spiro atoms. The molecule has 5 heteroatoms. The van der Waals surface area contributed by atoms with Crippen molar-refractivity contribution in [2.24, 2.45) is 11.1 Å². The van der Waals surface area contributed by atoms with Crippen LogP contribution in [0.25, 0.3) is 0 Å². The van der Waals surface area contributed by atoms with Crippen LogP contribution in [0.3, 0.4) is 0 Å². The summed E-state index contributed by atoms with van der Waals surface area (Å²) in [5.41, 5.74) is 4.49. The number of nitrogens with zero attached hydrogens (tertiary/aromatic N) is 1. The van der Waals surface area contributed by atoms with E-state index in [1.807, 2.05) is 0 Å². The van der Waals surface area contributed by atoms with Crippen LogP contribution in [0.15, 0.2) is 18.3 Å². The summed E-state index contributed by atoms with van der Waals surface area (Å²) < 4.78 is 18.4. The Morgan fingerprint density at radius 3 is 2.89 bits per heavy atom. The average Bonchev–Trinajstić information content (AvgIpc) is 2.40. The van der Waals surface area contributed by atoms with Crippen molar-refractivity contribution in [3.05, 3.63) is 29.8 Å². The molecule has 0 saturated carbocycles. The van der Waals surface area contributed by atoms with Gasteiger partial charge in [0.25, 0.3) is 0 Å². The Morgan fingerprint density at radius 1 is 1.61 bits per heavy atom. The molecule has 0 aromatic carbocycles. The first-order valence-electron chi connectivity index (χ1n) is 6.14. The summed E-state index contributed by atoms with van der Waals surface area (Å²) in [5, 5.41) is 10.8. The fraction of sp³-hybridized carbons (Fsp3) is 0.615. The maximum atomic E-state index is 12.9. The predicted molar refractivity (Wildman–Crippen MR) is 65.3 cm³/mol. The van der Waals surface area contributed by atoms with Crippen molar-refractivity contribution in [2.45, 2.75) is 25.4 Å². The van der Waals surface area contributed by atoms with E-state index >= 15 is 0 Å². The van der Waals surface area contributed by atoms with Gasteiger partial charge in [-0.25, -0.2) is 4.39 Å². The van der Waals surface area contributed by atoms with Gasteiger partial charge in [-0.15, -0.1) is 0 Å². The third-order valence-corrected chi connectivity index (χ3v) is 3.97. The van der Waals surface area contributed by atoms with Crippen LogP contribution in [0.2, 0.25) is 0 Å². The standard InChI is InChI=1S/C13H19FN2O2/c1-12(17,11-4-3-10(14)7-16-11)13(8-15)5-2-6-18-9-13/h3-4,7,17H,2,5-6,8-9,15H2,1H3. The molecule has 2 rings (SSSR count). The molecule has 4 nitrogen and oxygen atoms in total. The van der Waals surface area contributed by atoms with E-state index in [9.17, 15) is 9.50 Å². The summed E-state index contributed by atoms with van der Waals surface area (Å²) in [5.74, 6) is -0.420. The van der Waals surface area contributed by atoms with E-state index in [1.165, 1.54) is 12.1 Å². The van der Waals surface area contributed by atoms with Crippen molar-refractivity contribution in [1.29, 1.82) is 0 Å². The molecule has 100 valence electrons. The molecule has 1 aliphatic heterocycles. The van der Waals surface area contributed by atoms with Gasteiger partial charge in [0.2, 0.25) is 0 Å². The summed E-state index contributed by atoms with van der Waals surface area (Å²) in [6, 6.07) is 2.80. The number of aromatic nitrogens is 1. The van der Waals surface area contributed by atoms with Crippen LogP contribution in [0, 0.1) is 11.2 Å². The molecule has 0 bridgehead atoms. The first-order valence-corrected chi connectivity index (χ1v) is 6.14. The topological polar surface area (TPSA) is 68.4 Å². The Kier molecular flexibility index (Phi) is 3.66. The van der Waals surface area contributed by atoms with Crippen molar-refractivity contribution >= 4 is 0 Å². The predicted octanol–water partition coefficient (Wildman–Crippen LogP) is 1.18. The Hall–Kier alpha value is -1.04. The first-order chi connectivity index (χ1) is 8.52. The molecule has 0 amide bonds. The number of hydrogen-bond donors (Lipinski definition) is 2. The largest absolute Gasteiger partial charge is 0.383 e. The van der Waals surface area contributed by atoms with Crippen LogP contribution < -0.4 is 5.73 Å². The Morgan fingerprint density at radius 2 is 2.39 bits per heavy atom. The zero-order valence-electron chi connectivity index (χ0n) is 10.5. The van der Waals surface area contributed by atoms with E-state index in [4.69, 9.17) is 10.5 Å². The van der Waals surface area contributed by atoms with E-state index in [-0.39, 0.29) is 0 Å². The van der Waals surface area contributed by atoms with Crippen LogP contribution in [-0.2, 0) is 10.3 Å². The van der Waals surface area contributed by atoms with Crippen LogP contribution in [0.5, 0.6) is 0 Å². The summed E-state index contributed by atoms with van der Waals surface area (Å²) in [6.07, 6.45) is 2.74. The van der Waals surface area contributed by atoms with Crippen molar-refractivity contribution in [1.82, 2.24) is 4.98 Å². The van der Waals surface area contributed by atoms with Gasteiger partial charge in [0.1, 0.15) is 11.4 Å². The van der Waals surface area contributed by atoms with Gasteiger partial charge in [0.05, 0.1) is 18.5 Å². The molecule has 1 aromatic heterocycles. The second kappa shape index (κ2) is 4.91. The Balaban J connectivity index is 2.35. The number of ether oxygens (including phenoxy) is 1. The van der Waals surface area contributed by atoms with Crippen molar-refractivity contribution < 1.29 is 14.2 Å². The summed E-state index contributed by atoms with van der Waals surface area (Å²) in [6.45, 7) is 3.07. The zero-order chi connectivity index (χ0) is 13.2. The lowest BCUT2D eigenvalue weighted by atomic mass is 9.67. The molecule has 1 aromatic rings. The molecule has 18 heavy (non-hydrogen) atoms. The SMILES string of the molecule is CC(O)(c1ccc(F)cn1)C1(CN)CCCOC1. The number of hydrogen-bond acceptors (Lipinski definition) is 4. The minimum absolute atomic E-state index is 0.305. The summed E-state index contributed by atoms with van der Waals surface area (Å²) >= 11 is 0. The van der Waals surface area contributed by atoms with Gasteiger partial charge in [0.15, 0.2) is 0 Å². The second-order valence-electron chi connectivity index (χ2n) is 5.07. The van der Waals surface area contributed by atoms with Crippen LogP contribution >= 0.6 is 0 Å². The average molecular weight is 254 g/mol. The molecule has 1 saturated heterocycles. The number of aliphatic hydroxyl groups is 1. The van der Waals surface area contributed by atoms with Gasteiger partial charge in [-0.1, -0.05) is 0 Å². The zero-order valence-corrected chi connectivity index (χ0v) is 10.5. The highest BCUT2D eigenvalue weighted by Gasteiger charge is 2.49.